The molecule has 1 aromatic heterocycles. The molecule has 1 saturated heterocycles. The average molecular weight is 398 g/mol. The van der Waals surface area contributed by atoms with Crippen molar-refractivity contribution in [2.45, 2.75) is 20.8 Å². The molecule has 26 heavy (non-hydrogen) atoms. The number of nitrogens with zero attached hydrogens (tertiary/aromatic N) is 1. The number of hydrogen-bond acceptors (Lipinski definition) is 4. The predicted octanol–water partition coefficient (Wildman–Crippen LogP) is 4.13. The molecule has 1 atom stereocenters. The highest BCUT2D eigenvalue weighted by molar-refractivity contribution is 5.92. The molecule has 142 valence electrons. The molecule has 0 bridgehead atoms. The Morgan fingerprint density at radius 1 is 1.23 bits per heavy atom. The second-order valence-electron chi connectivity index (χ2n) is 6.38. The van der Waals surface area contributed by atoms with Crippen LogP contribution in [0.15, 0.2) is 36.5 Å². The van der Waals surface area contributed by atoms with Gasteiger partial charge in [0.1, 0.15) is 5.75 Å². The largest absolute Gasteiger partial charge is 0.439 e. The zero-order valence-corrected chi connectivity index (χ0v) is 16.7. The molecule has 0 aliphatic carbocycles. The Labute approximate surface area is 166 Å². The zero-order chi connectivity index (χ0) is 17.1. The highest BCUT2D eigenvalue weighted by atomic mass is 35.5. The van der Waals surface area contributed by atoms with Crippen LogP contribution in [0, 0.1) is 25.7 Å². The Balaban J connectivity index is 0.00000169. The third-order valence-electron chi connectivity index (χ3n) is 4.71. The van der Waals surface area contributed by atoms with E-state index in [4.69, 9.17) is 4.74 Å². The van der Waals surface area contributed by atoms with Crippen LogP contribution in [0.2, 0.25) is 0 Å². The molecule has 1 fully saturated rings. The van der Waals surface area contributed by atoms with Gasteiger partial charge in [-0.15, -0.1) is 24.8 Å². The Morgan fingerprint density at radius 2 is 1.96 bits per heavy atom. The lowest BCUT2D eigenvalue weighted by molar-refractivity contribution is -0.121. The number of amides is 1. The van der Waals surface area contributed by atoms with E-state index < -0.39 is 0 Å². The van der Waals surface area contributed by atoms with E-state index in [1.165, 1.54) is 5.56 Å². The van der Waals surface area contributed by atoms with Gasteiger partial charge in [0.05, 0.1) is 11.9 Å². The smallest absolute Gasteiger partial charge is 0.227 e. The maximum atomic E-state index is 12.2. The summed E-state index contributed by atoms with van der Waals surface area (Å²) in [7, 11) is 0. The van der Waals surface area contributed by atoms with Gasteiger partial charge >= 0.3 is 0 Å². The summed E-state index contributed by atoms with van der Waals surface area (Å²) in [5.74, 6) is 1.76. The number of nitrogens with one attached hydrogen (secondary N) is 2. The van der Waals surface area contributed by atoms with Crippen LogP contribution >= 0.6 is 24.8 Å². The highest BCUT2D eigenvalue weighted by Crippen LogP contribution is 2.26. The number of aryl methyl sites for hydroxylation is 1. The van der Waals surface area contributed by atoms with Gasteiger partial charge in [-0.2, -0.15) is 0 Å². The molecule has 0 saturated carbocycles. The van der Waals surface area contributed by atoms with E-state index in [9.17, 15) is 4.79 Å². The molecule has 1 aliphatic heterocycles. The average Bonchev–Trinajstić information content (AvgIpc) is 2.52. The lowest BCUT2D eigenvalue weighted by Crippen LogP contribution is -2.48. The maximum Gasteiger partial charge on any atom is 0.227 e. The third-order valence-corrected chi connectivity index (χ3v) is 4.71. The van der Waals surface area contributed by atoms with Crippen molar-refractivity contribution in [2.75, 3.05) is 18.4 Å². The molecule has 2 heterocycles. The number of hydrogen-bond donors (Lipinski definition) is 2. The second-order valence-corrected chi connectivity index (χ2v) is 6.38. The minimum absolute atomic E-state index is 0. The van der Waals surface area contributed by atoms with Crippen LogP contribution in [0.1, 0.15) is 18.1 Å². The monoisotopic (exact) mass is 397 g/mol. The van der Waals surface area contributed by atoms with Crippen LogP contribution < -0.4 is 15.4 Å². The number of carbonyl (C=O) groups excluding carboxylic acids is 1. The van der Waals surface area contributed by atoms with Crippen molar-refractivity contribution >= 4 is 36.4 Å². The van der Waals surface area contributed by atoms with E-state index in [0.29, 0.717) is 17.5 Å². The van der Waals surface area contributed by atoms with Gasteiger partial charge in [0.2, 0.25) is 11.8 Å². The fourth-order valence-electron chi connectivity index (χ4n) is 2.60. The number of carbonyl (C=O) groups is 1. The Kier molecular flexibility index (Phi) is 8.34. The molecule has 2 N–H and O–H groups in total. The van der Waals surface area contributed by atoms with E-state index in [1.807, 2.05) is 45.0 Å². The van der Waals surface area contributed by atoms with E-state index in [1.54, 1.807) is 12.3 Å². The Morgan fingerprint density at radius 3 is 2.54 bits per heavy atom. The van der Waals surface area contributed by atoms with E-state index >= 15 is 0 Å². The summed E-state index contributed by atoms with van der Waals surface area (Å²) in [6, 6.07) is 9.52. The molecular weight excluding hydrogens is 373 g/mol. The minimum atomic E-state index is -0.00267. The number of rotatable bonds is 5. The first-order chi connectivity index (χ1) is 11.5. The first kappa shape index (κ1) is 22.2. The van der Waals surface area contributed by atoms with Crippen LogP contribution in [0.3, 0.4) is 0 Å². The first-order valence-corrected chi connectivity index (χ1v) is 8.26. The number of ether oxygens (including phenoxy) is 1. The molecule has 1 aliphatic rings. The maximum absolute atomic E-state index is 12.2. The quantitative estimate of drug-likeness (QED) is 0.795. The predicted molar refractivity (Wildman–Crippen MR) is 109 cm³/mol. The third kappa shape index (κ3) is 5.10. The summed E-state index contributed by atoms with van der Waals surface area (Å²) in [6.07, 6.45) is 1.63. The van der Waals surface area contributed by atoms with Crippen molar-refractivity contribution in [1.82, 2.24) is 10.3 Å². The topological polar surface area (TPSA) is 63.2 Å². The molecule has 7 heteroatoms. The summed E-state index contributed by atoms with van der Waals surface area (Å²) >= 11 is 0. The van der Waals surface area contributed by atoms with Gasteiger partial charge in [-0.3, -0.25) is 4.79 Å². The van der Waals surface area contributed by atoms with Crippen LogP contribution in [-0.4, -0.2) is 24.0 Å². The minimum Gasteiger partial charge on any atom is -0.439 e. The van der Waals surface area contributed by atoms with Gasteiger partial charge in [-0.05, 0) is 56.1 Å². The molecule has 1 unspecified atom stereocenters. The lowest BCUT2D eigenvalue weighted by atomic mass is 9.88. The van der Waals surface area contributed by atoms with Crippen molar-refractivity contribution in [3.63, 3.8) is 0 Å². The number of anilines is 1. The van der Waals surface area contributed by atoms with E-state index in [-0.39, 0.29) is 36.6 Å². The van der Waals surface area contributed by atoms with Crippen molar-refractivity contribution in [1.29, 1.82) is 0 Å². The summed E-state index contributed by atoms with van der Waals surface area (Å²) in [4.78, 5) is 16.5. The van der Waals surface area contributed by atoms with Gasteiger partial charge in [-0.25, -0.2) is 4.98 Å². The van der Waals surface area contributed by atoms with Crippen molar-refractivity contribution in [3.05, 3.63) is 47.7 Å². The van der Waals surface area contributed by atoms with Gasteiger partial charge in [0, 0.05) is 12.0 Å². The number of halogens is 2. The van der Waals surface area contributed by atoms with Gasteiger partial charge < -0.3 is 15.4 Å². The Bertz CT molecular complexity index is 734. The number of aromatic nitrogens is 1. The van der Waals surface area contributed by atoms with E-state index in [0.717, 1.165) is 24.4 Å². The normalized spacial score (nSPS) is 14.3. The standard InChI is InChI=1S/C19H23N3O2.2ClH/c1-12-5-4-6-17(13(12)2)24-18-8-7-16(11-21-18)22-19(23)14(3)15-9-20-10-15;;/h4-8,11,14-15,20H,9-10H2,1-3H3,(H,22,23);2*1H. The molecule has 0 spiro atoms. The number of pyridine rings is 1. The summed E-state index contributed by atoms with van der Waals surface area (Å²) in [5.41, 5.74) is 2.96. The van der Waals surface area contributed by atoms with Crippen LogP contribution in [0.25, 0.3) is 0 Å². The van der Waals surface area contributed by atoms with Gasteiger partial charge in [0.15, 0.2) is 0 Å². The number of benzene rings is 1. The van der Waals surface area contributed by atoms with Crippen LogP contribution in [-0.2, 0) is 4.79 Å². The fraction of sp³-hybridized carbons (Fsp3) is 0.368. The van der Waals surface area contributed by atoms with Gasteiger partial charge in [-0.1, -0.05) is 19.1 Å². The van der Waals surface area contributed by atoms with Crippen LogP contribution in [0.4, 0.5) is 5.69 Å². The lowest BCUT2D eigenvalue weighted by Gasteiger charge is -2.31. The SMILES string of the molecule is Cc1cccc(Oc2ccc(NC(=O)C(C)C3CNC3)cn2)c1C.Cl.Cl. The van der Waals surface area contributed by atoms with Crippen molar-refractivity contribution in [2.24, 2.45) is 11.8 Å². The molecule has 0 radical (unpaired) electrons. The fourth-order valence-corrected chi connectivity index (χ4v) is 2.60. The van der Waals surface area contributed by atoms with Crippen molar-refractivity contribution in [3.8, 4) is 11.6 Å². The second kappa shape index (κ2) is 9.76. The molecule has 2 aromatic rings. The summed E-state index contributed by atoms with van der Waals surface area (Å²) in [6.45, 7) is 7.86. The first-order valence-electron chi connectivity index (χ1n) is 8.26. The Hall–Kier alpha value is -1.82. The molecule has 1 amide bonds. The summed E-state index contributed by atoms with van der Waals surface area (Å²) in [5, 5.41) is 6.11. The zero-order valence-electron chi connectivity index (χ0n) is 15.1. The molecule has 5 nitrogen and oxygen atoms in total. The molecule has 3 rings (SSSR count). The van der Waals surface area contributed by atoms with Gasteiger partial charge in [0.25, 0.3) is 0 Å². The summed E-state index contributed by atoms with van der Waals surface area (Å²) < 4.78 is 5.83. The molecular formula is C19H25Cl2N3O2. The molecule has 1 aromatic carbocycles. The van der Waals surface area contributed by atoms with Crippen molar-refractivity contribution < 1.29 is 9.53 Å². The highest BCUT2D eigenvalue weighted by Gasteiger charge is 2.28. The van der Waals surface area contributed by atoms with E-state index in [2.05, 4.69) is 15.6 Å². The van der Waals surface area contributed by atoms with Crippen LogP contribution in [0.5, 0.6) is 11.6 Å².